The van der Waals surface area contributed by atoms with Gasteiger partial charge in [-0.2, -0.15) is 5.10 Å². The minimum Gasteiger partial charge on any atom is -0.493 e. The largest absolute Gasteiger partial charge is 0.493 e. The lowest BCUT2D eigenvalue weighted by Gasteiger charge is -2.13. The second-order valence-corrected chi connectivity index (χ2v) is 5.16. The number of halogens is 2. The van der Waals surface area contributed by atoms with Crippen LogP contribution < -0.4 is 19.6 Å². The van der Waals surface area contributed by atoms with Gasteiger partial charge in [0.2, 0.25) is 5.75 Å². The van der Waals surface area contributed by atoms with Gasteiger partial charge in [0.25, 0.3) is 5.91 Å². The molecule has 8 heteroatoms. The van der Waals surface area contributed by atoms with Crippen molar-refractivity contribution in [3.63, 3.8) is 0 Å². The third kappa shape index (κ3) is 4.19. The molecule has 0 fully saturated rings. The Morgan fingerprint density at radius 1 is 1.16 bits per heavy atom. The molecule has 0 bridgehead atoms. The quantitative estimate of drug-likeness (QED) is 0.629. The van der Waals surface area contributed by atoms with Crippen LogP contribution >= 0.6 is 11.6 Å². The van der Waals surface area contributed by atoms with Crippen LogP contribution in [0.3, 0.4) is 0 Å². The van der Waals surface area contributed by atoms with Crippen LogP contribution in [0.15, 0.2) is 35.4 Å². The molecule has 1 N–H and O–H groups in total. The number of rotatable bonds is 6. The Kier molecular flexibility index (Phi) is 6.19. The van der Waals surface area contributed by atoms with Gasteiger partial charge in [-0.3, -0.25) is 4.79 Å². The summed E-state index contributed by atoms with van der Waals surface area (Å²) in [6, 6.07) is 7.19. The van der Waals surface area contributed by atoms with Crippen LogP contribution in [-0.2, 0) is 0 Å². The molecule has 0 spiro atoms. The first-order valence-electron chi connectivity index (χ1n) is 7.09. The molecule has 0 heterocycles. The van der Waals surface area contributed by atoms with Gasteiger partial charge in [-0.25, -0.2) is 9.82 Å². The van der Waals surface area contributed by atoms with E-state index in [-0.39, 0.29) is 16.1 Å². The summed E-state index contributed by atoms with van der Waals surface area (Å²) in [5, 5.41) is 3.92. The van der Waals surface area contributed by atoms with Crippen molar-refractivity contribution in [2.75, 3.05) is 21.3 Å². The zero-order valence-corrected chi connectivity index (χ0v) is 14.6. The number of carbonyl (C=O) groups is 1. The Morgan fingerprint density at radius 3 is 2.32 bits per heavy atom. The molecule has 2 aromatic rings. The van der Waals surface area contributed by atoms with Crippen LogP contribution in [0, 0.1) is 5.82 Å². The molecule has 0 unspecified atom stereocenters. The van der Waals surface area contributed by atoms with Gasteiger partial charge in [-0.15, -0.1) is 0 Å². The number of nitrogens with zero attached hydrogens (tertiary/aromatic N) is 1. The van der Waals surface area contributed by atoms with Crippen LogP contribution in [-0.4, -0.2) is 33.5 Å². The van der Waals surface area contributed by atoms with E-state index in [4.69, 9.17) is 25.8 Å². The molecule has 0 radical (unpaired) electrons. The highest BCUT2D eigenvalue weighted by Crippen LogP contribution is 2.38. The van der Waals surface area contributed by atoms with Crippen molar-refractivity contribution >= 4 is 23.7 Å². The van der Waals surface area contributed by atoms with Crippen molar-refractivity contribution in [2.45, 2.75) is 0 Å². The van der Waals surface area contributed by atoms with Crippen molar-refractivity contribution in [3.8, 4) is 17.2 Å². The summed E-state index contributed by atoms with van der Waals surface area (Å²) in [6.07, 6.45) is 1.13. The third-order valence-corrected chi connectivity index (χ3v) is 3.62. The summed E-state index contributed by atoms with van der Waals surface area (Å²) < 4.78 is 29.2. The number of benzene rings is 2. The Labute approximate surface area is 149 Å². The number of methoxy groups -OCH3 is 3. The van der Waals surface area contributed by atoms with Gasteiger partial charge >= 0.3 is 0 Å². The molecule has 1 amide bonds. The van der Waals surface area contributed by atoms with E-state index in [1.807, 2.05) is 0 Å². The maximum Gasteiger partial charge on any atom is 0.271 e. The lowest BCUT2D eigenvalue weighted by atomic mass is 10.1. The SMILES string of the molecule is COc1cc(C(=O)N/N=C/c2c(F)cccc2Cl)cc(OC)c1OC. The minimum atomic E-state index is -0.543. The number of hydrazone groups is 1. The van der Waals surface area contributed by atoms with E-state index in [0.717, 1.165) is 6.21 Å². The van der Waals surface area contributed by atoms with Gasteiger partial charge in [-0.05, 0) is 24.3 Å². The molecule has 2 rings (SSSR count). The summed E-state index contributed by atoms with van der Waals surface area (Å²) >= 11 is 5.88. The summed E-state index contributed by atoms with van der Waals surface area (Å²) in [6.45, 7) is 0. The molecule has 0 saturated carbocycles. The fourth-order valence-electron chi connectivity index (χ4n) is 2.07. The number of nitrogens with one attached hydrogen (secondary N) is 1. The molecule has 0 atom stereocenters. The summed E-state index contributed by atoms with van der Waals surface area (Å²) in [4.78, 5) is 12.2. The summed E-state index contributed by atoms with van der Waals surface area (Å²) in [5.41, 5.74) is 2.60. The van der Waals surface area contributed by atoms with Crippen LogP contribution in [0.4, 0.5) is 4.39 Å². The van der Waals surface area contributed by atoms with E-state index in [9.17, 15) is 9.18 Å². The molecule has 6 nitrogen and oxygen atoms in total. The van der Waals surface area contributed by atoms with Gasteiger partial charge in [0.05, 0.1) is 32.6 Å². The maximum atomic E-state index is 13.6. The average Bonchev–Trinajstić information content (AvgIpc) is 2.62. The monoisotopic (exact) mass is 366 g/mol. The maximum absolute atomic E-state index is 13.6. The van der Waals surface area contributed by atoms with Gasteiger partial charge in [-0.1, -0.05) is 17.7 Å². The van der Waals surface area contributed by atoms with Crippen LogP contribution in [0.1, 0.15) is 15.9 Å². The Morgan fingerprint density at radius 2 is 1.80 bits per heavy atom. The Hall–Kier alpha value is -2.80. The lowest BCUT2D eigenvalue weighted by Crippen LogP contribution is -2.18. The number of amides is 1. The average molecular weight is 367 g/mol. The molecule has 0 aliphatic heterocycles. The van der Waals surface area contributed by atoms with Crippen molar-refractivity contribution in [1.29, 1.82) is 0 Å². The van der Waals surface area contributed by atoms with Gasteiger partial charge in [0.15, 0.2) is 11.5 Å². The Balaban J connectivity index is 2.22. The van der Waals surface area contributed by atoms with Gasteiger partial charge in [0, 0.05) is 11.1 Å². The van der Waals surface area contributed by atoms with E-state index >= 15 is 0 Å². The molecule has 132 valence electrons. The topological polar surface area (TPSA) is 69.2 Å². The number of carbonyl (C=O) groups excluding carboxylic acids is 1. The molecule has 0 aliphatic carbocycles. The zero-order valence-electron chi connectivity index (χ0n) is 13.8. The molecular weight excluding hydrogens is 351 g/mol. The number of ether oxygens (including phenoxy) is 3. The highest BCUT2D eigenvalue weighted by Gasteiger charge is 2.16. The molecule has 0 aliphatic rings. The predicted octanol–water partition coefficient (Wildman–Crippen LogP) is 3.27. The molecule has 0 saturated heterocycles. The summed E-state index contributed by atoms with van der Waals surface area (Å²) in [7, 11) is 4.34. The Bertz CT molecular complexity index is 766. The first-order valence-corrected chi connectivity index (χ1v) is 7.47. The highest BCUT2D eigenvalue weighted by atomic mass is 35.5. The van der Waals surface area contributed by atoms with Crippen molar-refractivity contribution in [3.05, 3.63) is 52.3 Å². The van der Waals surface area contributed by atoms with E-state index in [1.165, 1.54) is 51.7 Å². The smallest absolute Gasteiger partial charge is 0.271 e. The third-order valence-electron chi connectivity index (χ3n) is 3.29. The standard InChI is InChI=1S/C17H16ClFN2O4/c1-23-14-7-10(8-15(24-2)16(14)25-3)17(22)21-20-9-11-12(18)5-4-6-13(11)19/h4-9H,1-3H3,(H,21,22)/b20-9+. The molecule has 25 heavy (non-hydrogen) atoms. The van der Waals surface area contributed by atoms with Crippen molar-refractivity contribution < 1.29 is 23.4 Å². The van der Waals surface area contributed by atoms with Crippen molar-refractivity contribution in [1.82, 2.24) is 5.43 Å². The minimum absolute atomic E-state index is 0.0781. The van der Waals surface area contributed by atoms with Gasteiger partial charge in [0.1, 0.15) is 5.82 Å². The summed E-state index contributed by atoms with van der Waals surface area (Å²) in [5.74, 6) is -0.0642. The second kappa shape index (κ2) is 8.34. The van der Waals surface area contributed by atoms with E-state index in [1.54, 1.807) is 0 Å². The lowest BCUT2D eigenvalue weighted by molar-refractivity contribution is 0.0954. The fraction of sp³-hybridized carbons (Fsp3) is 0.176. The molecular formula is C17H16ClFN2O4. The number of hydrogen-bond donors (Lipinski definition) is 1. The van der Waals surface area contributed by atoms with Crippen LogP contribution in [0.2, 0.25) is 5.02 Å². The van der Waals surface area contributed by atoms with Crippen molar-refractivity contribution in [2.24, 2.45) is 5.10 Å². The normalized spacial score (nSPS) is 10.6. The van der Waals surface area contributed by atoms with E-state index in [0.29, 0.717) is 17.2 Å². The highest BCUT2D eigenvalue weighted by molar-refractivity contribution is 6.33. The second-order valence-electron chi connectivity index (χ2n) is 4.75. The first kappa shape index (κ1) is 18.5. The fourth-order valence-corrected chi connectivity index (χ4v) is 2.28. The number of hydrogen-bond acceptors (Lipinski definition) is 5. The van der Waals surface area contributed by atoms with Gasteiger partial charge < -0.3 is 14.2 Å². The van der Waals surface area contributed by atoms with Crippen LogP contribution in [0.25, 0.3) is 0 Å². The van der Waals surface area contributed by atoms with E-state index < -0.39 is 11.7 Å². The predicted molar refractivity (Wildman–Crippen MR) is 92.6 cm³/mol. The van der Waals surface area contributed by atoms with E-state index in [2.05, 4.69) is 10.5 Å². The zero-order chi connectivity index (χ0) is 18.4. The molecule has 0 aromatic heterocycles. The molecule has 2 aromatic carbocycles. The first-order chi connectivity index (χ1) is 12.0. The van der Waals surface area contributed by atoms with Crippen LogP contribution in [0.5, 0.6) is 17.2 Å².